The van der Waals surface area contributed by atoms with Crippen LogP contribution in [0.15, 0.2) is 0 Å². The van der Waals surface area contributed by atoms with Gasteiger partial charge in [-0.1, -0.05) is 27.2 Å². The summed E-state index contributed by atoms with van der Waals surface area (Å²) in [7, 11) is 0. The van der Waals surface area contributed by atoms with E-state index in [1.165, 1.54) is 0 Å². The number of rotatable bonds is 2. The van der Waals surface area contributed by atoms with Gasteiger partial charge in [-0.15, -0.1) is 6.04 Å². The molecular formula is C6H14AcN-. The van der Waals surface area contributed by atoms with Crippen molar-refractivity contribution in [1.29, 1.82) is 0 Å². The van der Waals surface area contributed by atoms with Gasteiger partial charge in [0.25, 0.3) is 0 Å². The van der Waals surface area contributed by atoms with Crippen LogP contribution in [0.3, 0.4) is 0 Å². The molecule has 0 heterocycles. The van der Waals surface area contributed by atoms with Gasteiger partial charge in [-0.2, -0.15) is 0 Å². The minimum atomic E-state index is 0. The van der Waals surface area contributed by atoms with Gasteiger partial charge in [0, 0.05) is 44.1 Å². The molecule has 8 heavy (non-hydrogen) atoms. The number of nitrogens with one attached hydrogen (secondary N) is 1. The van der Waals surface area contributed by atoms with Crippen molar-refractivity contribution >= 4 is 0 Å². The zero-order valence-corrected chi connectivity index (χ0v) is 10.7. The summed E-state index contributed by atoms with van der Waals surface area (Å²) in [6.45, 7) is 6.22. The summed E-state index contributed by atoms with van der Waals surface area (Å²) in [5.41, 5.74) is 7.11. The average molecular weight is 327 g/mol. The maximum absolute atomic E-state index is 7.11. The summed E-state index contributed by atoms with van der Waals surface area (Å²) in [5.74, 6) is 0.687. The first-order valence-electron chi connectivity index (χ1n) is 2.84. The molecule has 47 valence electrons. The fourth-order valence-electron chi connectivity index (χ4n) is 0.707. The monoisotopic (exact) mass is 327 g/mol. The van der Waals surface area contributed by atoms with Crippen molar-refractivity contribution in [2.75, 3.05) is 0 Å². The topological polar surface area (TPSA) is 23.8 Å². The summed E-state index contributed by atoms with van der Waals surface area (Å²) < 4.78 is 0. The molecule has 0 aromatic carbocycles. The van der Waals surface area contributed by atoms with Gasteiger partial charge in [0.15, 0.2) is 0 Å². The van der Waals surface area contributed by atoms with Gasteiger partial charge in [0.05, 0.1) is 0 Å². The molecular weight excluding hydrogens is 313 g/mol. The Kier molecular flexibility index (Phi) is 9.87. The van der Waals surface area contributed by atoms with Crippen molar-refractivity contribution in [3.8, 4) is 0 Å². The molecule has 0 aliphatic carbocycles. The van der Waals surface area contributed by atoms with Gasteiger partial charge in [-0.25, -0.2) is 0 Å². The van der Waals surface area contributed by atoms with Crippen molar-refractivity contribution in [2.24, 2.45) is 5.92 Å². The van der Waals surface area contributed by atoms with Crippen molar-refractivity contribution in [1.82, 2.24) is 0 Å². The molecule has 0 unspecified atom stereocenters. The second-order valence-electron chi connectivity index (χ2n) is 2.53. The van der Waals surface area contributed by atoms with Crippen LogP contribution < -0.4 is 0 Å². The first-order valence-corrected chi connectivity index (χ1v) is 2.84. The van der Waals surface area contributed by atoms with Crippen molar-refractivity contribution < 1.29 is 44.1 Å². The Hall–Kier alpha value is 1.40. The first-order chi connectivity index (χ1) is 3.13. The van der Waals surface area contributed by atoms with Gasteiger partial charge < -0.3 is 5.73 Å². The van der Waals surface area contributed by atoms with Crippen LogP contribution in [-0.2, 0) is 0 Å². The maximum atomic E-state index is 7.11. The molecule has 0 aromatic heterocycles. The Bertz CT molecular complexity index is 37.8. The molecule has 2 heteroatoms. The molecule has 0 fully saturated rings. The number of hydrogen-bond acceptors (Lipinski definition) is 0. The summed E-state index contributed by atoms with van der Waals surface area (Å²) in [6.07, 6.45) is 1.03. The third-order valence-electron chi connectivity index (χ3n) is 0.825. The van der Waals surface area contributed by atoms with Crippen LogP contribution in [-0.4, -0.2) is 6.04 Å². The summed E-state index contributed by atoms with van der Waals surface area (Å²) in [4.78, 5) is 0. The third kappa shape index (κ3) is 10.4. The van der Waals surface area contributed by atoms with Crippen molar-refractivity contribution in [2.45, 2.75) is 33.2 Å². The molecule has 0 aliphatic heterocycles. The Balaban J connectivity index is 0. The Morgan fingerprint density at radius 3 is 1.62 bits per heavy atom. The quantitative estimate of drug-likeness (QED) is 0.744. The van der Waals surface area contributed by atoms with E-state index < -0.39 is 0 Å². The van der Waals surface area contributed by atoms with Gasteiger partial charge in [-0.05, 0) is 5.92 Å². The molecule has 0 aromatic rings. The van der Waals surface area contributed by atoms with Crippen LogP contribution in [0.4, 0.5) is 0 Å². The normalized spacial score (nSPS) is 13.1. The standard InChI is InChI=1S/C6H14N.Ac/c1-5(2)4-6(3)7;/h5-7H,4H2,1-3H3;/q-1;/t6-;/m1./s1. The molecule has 0 bridgehead atoms. The fraction of sp³-hybridized carbons (Fsp3) is 1.00. The second-order valence-corrected chi connectivity index (χ2v) is 2.53. The van der Waals surface area contributed by atoms with Crippen LogP contribution in [0.5, 0.6) is 0 Å². The average Bonchev–Trinajstić information content (AvgIpc) is 1.27. The van der Waals surface area contributed by atoms with E-state index in [4.69, 9.17) is 5.73 Å². The smallest absolute Gasteiger partial charge is 0 e. The van der Waals surface area contributed by atoms with Crippen LogP contribution in [0, 0.1) is 50.0 Å². The Labute approximate surface area is 88.0 Å². The van der Waals surface area contributed by atoms with Crippen molar-refractivity contribution in [3.05, 3.63) is 5.73 Å². The minimum absolute atomic E-state index is 0. The summed E-state index contributed by atoms with van der Waals surface area (Å²) >= 11 is 0. The predicted molar refractivity (Wildman–Crippen MR) is 33.2 cm³/mol. The van der Waals surface area contributed by atoms with E-state index in [-0.39, 0.29) is 50.1 Å². The second kappa shape index (κ2) is 6.52. The van der Waals surface area contributed by atoms with E-state index in [1.807, 2.05) is 6.92 Å². The van der Waals surface area contributed by atoms with E-state index in [2.05, 4.69) is 13.8 Å². The first kappa shape index (κ1) is 12.1. The molecule has 0 amide bonds. The molecule has 0 spiro atoms. The van der Waals surface area contributed by atoms with E-state index in [1.54, 1.807) is 0 Å². The minimum Gasteiger partial charge on any atom is -0.675 e. The maximum Gasteiger partial charge on any atom is 0 e. The van der Waals surface area contributed by atoms with E-state index in [0.717, 1.165) is 6.42 Å². The fourth-order valence-corrected chi connectivity index (χ4v) is 0.707. The van der Waals surface area contributed by atoms with E-state index in [9.17, 15) is 0 Å². The van der Waals surface area contributed by atoms with Gasteiger partial charge >= 0.3 is 0 Å². The molecule has 0 aliphatic rings. The van der Waals surface area contributed by atoms with Gasteiger partial charge in [0.1, 0.15) is 0 Å². The summed E-state index contributed by atoms with van der Waals surface area (Å²) in [6, 6.07) is 0.125. The zero-order valence-electron chi connectivity index (χ0n) is 5.94. The molecule has 0 rings (SSSR count). The molecule has 0 saturated heterocycles. The number of hydrogen-bond donors (Lipinski definition) is 0. The Morgan fingerprint density at radius 2 is 1.62 bits per heavy atom. The molecule has 1 atom stereocenters. The van der Waals surface area contributed by atoms with E-state index >= 15 is 0 Å². The van der Waals surface area contributed by atoms with E-state index in [0.29, 0.717) is 5.92 Å². The van der Waals surface area contributed by atoms with Crippen LogP contribution in [0.1, 0.15) is 27.2 Å². The predicted octanol–water partition coefficient (Wildman–Crippen LogP) is 2.47. The molecule has 1 N–H and O–H groups in total. The van der Waals surface area contributed by atoms with Crippen molar-refractivity contribution in [3.63, 3.8) is 0 Å². The third-order valence-corrected chi connectivity index (χ3v) is 0.825. The van der Waals surface area contributed by atoms with Crippen LogP contribution in [0.25, 0.3) is 5.73 Å². The van der Waals surface area contributed by atoms with Gasteiger partial charge in [-0.3, -0.25) is 0 Å². The molecule has 1 nitrogen and oxygen atoms in total. The SMILES string of the molecule is CC(C)C[C@@H](C)[NH-].[Ac]. The van der Waals surface area contributed by atoms with Crippen LogP contribution >= 0.6 is 0 Å². The summed E-state index contributed by atoms with van der Waals surface area (Å²) in [5, 5.41) is 0. The van der Waals surface area contributed by atoms with Crippen LogP contribution in [0.2, 0.25) is 0 Å². The zero-order chi connectivity index (χ0) is 5.86. The Morgan fingerprint density at radius 1 is 1.25 bits per heavy atom. The van der Waals surface area contributed by atoms with Gasteiger partial charge in [0.2, 0.25) is 0 Å². The molecule has 0 saturated carbocycles. The largest absolute Gasteiger partial charge is 0.675 e. The molecule has 1 radical (unpaired) electrons.